The summed E-state index contributed by atoms with van der Waals surface area (Å²) in [5.41, 5.74) is 1.85. The van der Waals surface area contributed by atoms with Gasteiger partial charge in [-0.25, -0.2) is 9.78 Å². The fourth-order valence-electron chi connectivity index (χ4n) is 1.65. The first kappa shape index (κ1) is 13.5. The molecule has 4 nitrogen and oxygen atoms in total. The number of para-hydroxylation sites is 1. The van der Waals surface area contributed by atoms with Crippen molar-refractivity contribution >= 4 is 21.9 Å². The van der Waals surface area contributed by atoms with Crippen molar-refractivity contribution in [3.63, 3.8) is 0 Å². The molecule has 0 saturated heterocycles. The minimum Gasteiger partial charge on any atom is -0.478 e. The SMILES string of the molecule is Cc1cnc(Oc2c(C)cccc2C(=O)O)c(Br)c1. The lowest BCUT2D eigenvalue weighted by atomic mass is 10.1. The molecule has 0 atom stereocenters. The highest BCUT2D eigenvalue weighted by atomic mass is 79.9. The smallest absolute Gasteiger partial charge is 0.339 e. The van der Waals surface area contributed by atoms with Crippen molar-refractivity contribution in [1.29, 1.82) is 0 Å². The minimum atomic E-state index is -1.03. The van der Waals surface area contributed by atoms with Gasteiger partial charge in [-0.3, -0.25) is 0 Å². The second-order valence-corrected chi connectivity index (χ2v) is 5.01. The highest BCUT2D eigenvalue weighted by molar-refractivity contribution is 9.10. The largest absolute Gasteiger partial charge is 0.478 e. The van der Waals surface area contributed by atoms with Crippen molar-refractivity contribution in [3.05, 3.63) is 51.6 Å². The fraction of sp³-hybridized carbons (Fsp3) is 0.143. The van der Waals surface area contributed by atoms with E-state index in [0.717, 1.165) is 11.1 Å². The van der Waals surface area contributed by atoms with E-state index in [0.29, 0.717) is 16.1 Å². The summed E-state index contributed by atoms with van der Waals surface area (Å²) in [5, 5.41) is 9.17. The van der Waals surface area contributed by atoms with Crippen LogP contribution < -0.4 is 4.74 Å². The molecule has 0 aliphatic carbocycles. The van der Waals surface area contributed by atoms with E-state index in [1.54, 1.807) is 25.3 Å². The van der Waals surface area contributed by atoms with Gasteiger partial charge in [-0.05, 0) is 53.0 Å². The maximum Gasteiger partial charge on any atom is 0.339 e. The van der Waals surface area contributed by atoms with Gasteiger partial charge in [0.1, 0.15) is 11.3 Å². The number of aromatic carboxylic acids is 1. The molecule has 0 bridgehead atoms. The number of aromatic nitrogens is 1. The summed E-state index contributed by atoms with van der Waals surface area (Å²) in [5.74, 6) is -0.364. The quantitative estimate of drug-likeness (QED) is 0.929. The standard InChI is InChI=1S/C14H12BrNO3/c1-8-6-11(15)13(16-7-8)19-12-9(2)4-3-5-10(12)14(17)18/h3-7H,1-2H3,(H,17,18). The molecule has 0 unspecified atom stereocenters. The Morgan fingerprint density at radius 3 is 2.74 bits per heavy atom. The maximum atomic E-state index is 11.2. The van der Waals surface area contributed by atoms with Gasteiger partial charge >= 0.3 is 5.97 Å². The molecule has 98 valence electrons. The van der Waals surface area contributed by atoms with Crippen molar-refractivity contribution in [2.24, 2.45) is 0 Å². The first-order valence-corrected chi connectivity index (χ1v) is 6.41. The molecular formula is C14H12BrNO3. The average molecular weight is 322 g/mol. The van der Waals surface area contributed by atoms with E-state index < -0.39 is 5.97 Å². The van der Waals surface area contributed by atoms with Gasteiger partial charge in [0.2, 0.25) is 5.88 Å². The first-order chi connectivity index (χ1) is 8.99. The van der Waals surface area contributed by atoms with Gasteiger partial charge in [-0.15, -0.1) is 0 Å². The number of pyridine rings is 1. The van der Waals surface area contributed by atoms with Crippen LogP contribution in [0.2, 0.25) is 0 Å². The molecule has 5 heteroatoms. The van der Waals surface area contributed by atoms with Crippen LogP contribution in [0.1, 0.15) is 21.5 Å². The summed E-state index contributed by atoms with van der Waals surface area (Å²) in [6.07, 6.45) is 1.67. The first-order valence-electron chi connectivity index (χ1n) is 5.62. The molecule has 2 rings (SSSR count). The van der Waals surface area contributed by atoms with Gasteiger partial charge < -0.3 is 9.84 Å². The number of nitrogens with zero attached hydrogens (tertiary/aromatic N) is 1. The zero-order valence-electron chi connectivity index (χ0n) is 10.5. The highest BCUT2D eigenvalue weighted by Crippen LogP contribution is 2.32. The third-order valence-corrected chi connectivity index (χ3v) is 3.15. The van der Waals surface area contributed by atoms with Crippen LogP contribution in [0.25, 0.3) is 0 Å². The third kappa shape index (κ3) is 2.93. The van der Waals surface area contributed by atoms with E-state index in [-0.39, 0.29) is 5.56 Å². The van der Waals surface area contributed by atoms with Crippen molar-refractivity contribution in [2.45, 2.75) is 13.8 Å². The number of carbonyl (C=O) groups is 1. The zero-order chi connectivity index (χ0) is 14.0. The molecule has 1 aromatic heterocycles. The van der Waals surface area contributed by atoms with Gasteiger partial charge in [-0.2, -0.15) is 0 Å². The monoisotopic (exact) mass is 321 g/mol. The van der Waals surface area contributed by atoms with Gasteiger partial charge in [0, 0.05) is 6.20 Å². The van der Waals surface area contributed by atoms with Crippen LogP contribution in [-0.2, 0) is 0 Å². The number of carboxylic acids is 1. The van der Waals surface area contributed by atoms with Crippen LogP contribution in [0.4, 0.5) is 0 Å². The predicted molar refractivity (Wildman–Crippen MR) is 74.9 cm³/mol. The molecule has 0 amide bonds. The Morgan fingerprint density at radius 2 is 2.11 bits per heavy atom. The Balaban J connectivity index is 2.46. The molecule has 1 heterocycles. The second kappa shape index (κ2) is 5.40. The summed E-state index contributed by atoms with van der Waals surface area (Å²) in [6, 6.07) is 6.85. The number of halogens is 1. The molecule has 0 aliphatic heterocycles. The highest BCUT2D eigenvalue weighted by Gasteiger charge is 2.15. The lowest BCUT2D eigenvalue weighted by Gasteiger charge is -2.12. The minimum absolute atomic E-state index is 0.120. The van der Waals surface area contributed by atoms with Gasteiger partial charge in [0.15, 0.2) is 0 Å². The predicted octanol–water partition coefficient (Wildman–Crippen LogP) is 3.95. The molecular weight excluding hydrogens is 310 g/mol. The van der Waals surface area contributed by atoms with E-state index in [1.807, 2.05) is 13.0 Å². The van der Waals surface area contributed by atoms with E-state index >= 15 is 0 Å². The van der Waals surface area contributed by atoms with Crippen molar-refractivity contribution in [1.82, 2.24) is 4.98 Å². The summed E-state index contributed by atoms with van der Waals surface area (Å²) < 4.78 is 6.34. The van der Waals surface area contributed by atoms with Gasteiger partial charge in [0.25, 0.3) is 0 Å². The molecule has 19 heavy (non-hydrogen) atoms. The van der Waals surface area contributed by atoms with Crippen molar-refractivity contribution < 1.29 is 14.6 Å². The molecule has 0 aliphatic rings. The Bertz CT molecular complexity index is 641. The van der Waals surface area contributed by atoms with Gasteiger partial charge in [-0.1, -0.05) is 12.1 Å². The van der Waals surface area contributed by atoms with Gasteiger partial charge in [0.05, 0.1) is 4.47 Å². The lowest BCUT2D eigenvalue weighted by molar-refractivity contribution is 0.0694. The fourth-order valence-corrected chi connectivity index (χ4v) is 2.19. The average Bonchev–Trinajstić information content (AvgIpc) is 2.34. The molecule has 0 saturated carbocycles. The number of benzene rings is 1. The number of rotatable bonds is 3. The number of carboxylic acid groups (broad SMARTS) is 1. The van der Waals surface area contributed by atoms with Crippen molar-refractivity contribution in [2.75, 3.05) is 0 Å². The summed E-state index contributed by atoms with van der Waals surface area (Å²) in [7, 11) is 0. The van der Waals surface area contributed by atoms with E-state index in [1.165, 1.54) is 6.07 Å². The molecule has 2 aromatic rings. The van der Waals surface area contributed by atoms with Crippen LogP contribution >= 0.6 is 15.9 Å². The maximum absolute atomic E-state index is 11.2. The van der Waals surface area contributed by atoms with Crippen LogP contribution in [0.5, 0.6) is 11.6 Å². The Hall–Kier alpha value is -1.88. The van der Waals surface area contributed by atoms with Crippen LogP contribution in [-0.4, -0.2) is 16.1 Å². The number of ether oxygens (including phenoxy) is 1. The lowest BCUT2D eigenvalue weighted by Crippen LogP contribution is -2.02. The zero-order valence-corrected chi connectivity index (χ0v) is 12.1. The third-order valence-electron chi connectivity index (χ3n) is 2.59. The number of aryl methyl sites for hydroxylation is 2. The summed E-state index contributed by atoms with van der Waals surface area (Å²) in [6.45, 7) is 3.71. The second-order valence-electron chi connectivity index (χ2n) is 4.16. The molecule has 0 radical (unpaired) electrons. The van der Waals surface area contributed by atoms with E-state index in [2.05, 4.69) is 20.9 Å². The van der Waals surface area contributed by atoms with Crippen molar-refractivity contribution in [3.8, 4) is 11.6 Å². The Kier molecular flexibility index (Phi) is 3.85. The molecule has 1 N–H and O–H groups in total. The summed E-state index contributed by atoms with van der Waals surface area (Å²) in [4.78, 5) is 15.3. The van der Waals surface area contributed by atoms with Crippen LogP contribution in [0.15, 0.2) is 34.9 Å². The Labute approximate surface area is 119 Å². The van der Waals surface area contributed by atoms with E-state index in [9.17, 15) is 4.79 Å². The molecule has 0 fully saturated rings. The molecule has 0 spiro atoms. The topological polar surface area (TPSA) is 59.4 Å². The normalized spacial score (nSPS) is 10.3. The van der Waals surface area contributed by atoms with E-state index in [4.69, 9.17) is 9.84 Å². The summed E-state index contributed by atoms with van der Waals surface area (Å²) >= 11 is 3.36. The molecule has 1 aromatic carbocycles. The Morgan fingerprint density at radius 1 is 1.37 bits per heavy atom. The number of hydrogen-bond donors (Lipinski definition) is 1. The van der Waals surface area contributed by atoms with Crippen LogP contribution in [0, 0.1) is 13.8 Å². The van der Waals surface area contributed by atoms with Crippen LogP contribution in [0.3, 0.4) is 0 Å². The number of hydrogen-bond acceptors (Lipinski definition) is 3.